The van der Waals surface area contributed by atoms with Crippen molar-refractivity contribution in [1.82, 2.24) is 19.2 Å². The van der Waals surface area contributed by atoms with E-state index in [1.165, 1.54) is 0 Å². The van der Waals surface area contributed by atoms with Crippen molar-refractivity contribution in [3.63, 3.8) is 0 Å². The predicted octanol–water partition coefficient (Wildman–Crippen LogP) is 1.40. The third-order valence-corrected chi connectivity index (χ3v) is 4.25. The summed E-state index contributed by atoms with van der Waals surface area (Å²) in [6.07, 6.45) is 3.74. The average molecular weight is 316 g/mol. The number of carbonyl (C=O) groups is 1. The van der Waals surface area contributed by atoms with Gasteiger partial charge in [0.2, 0.25) is 0 Å². The minimum Gasteiger partial charge on any atom is -0.369 e. The van der Waals surface area contributed by atoms with E-state index < -0.39 is 0 Å². The van der Waals surface area contributed by atoms with Crippen molar-refractivity contribution in [3.8, 4) is 0 Å². The van der Waals surface area contributed by atoms with Crippen LogP contribution >= 0.6 is 0 Å². The van der Waals surface area contributed by atoms with Gasteiger partial charge >= 0.3 is 0 Å². The summed E-state index contributed by atoms with van der Waals surface area (Å²) in [5.41, 5.74) is 2.04. The van der Waals surface area contributed by atoms with Crippen LogP contribution in [0.3, 0.4) is 0 Å². The fourth-order valence-electron chi connectivity index (χ4n) is 3.00. The molecule has 0 spiro atoms. The molecule has 0 bridgehead atoms. The van der Waals surface area contributed by atoms with E-state index >= 15 is 0 Å². The Morgan fingerprint density at radius 2 is 2.09 bits per heavy atom. The highest BCUT2D eigenvalue weighted by atomic mass is 16.5. The molecule has 0 N–H and O–H groups in total. The highest BCUT2D eigenvalue weighted by molar-refractivity contribution is 5.80. The first-order valence-corrected chi connectivity index (χ1v) is 8.22. The zero-order valence-electron chi connectivity index (χ0n) is 13.8. The molecule has 3 heterocycles. The van der Waals surface area contributed by atoms with Crippen molar-refractivity contribution >= 4 is 11.6 Å². The smallest absolute Gasteiger partial charge is 0.251 e. The molecule has 0 aliphatic carbocycles. The molecule has 6 heteroatoms. The number of rotatable bonds is 5. The van der Waals surface area contributed by atoms with E-state index in [4.69, 9.17) is 4.74 Å². The Labute approximate surface area is 136 Å². The van der Waals surface area contributed by atoms with Crippen molar-refractivity contribution in [1.29, 1.82) is 0 Å². The van der Waals surface area contributed by atoms with Gasteiger partial charge in [0.25, 0.3) is 5.91 Å². The van der Waals surface area contributed by atoms with Crippen LogP contribution in [0, 0.1) is 0 Å². The summed E-state index contributed by atoms with van der Waals surface area (Å²) in [6, 6.07) is 6.01. The Hall–Kier alpha value is -1.92. The number of carbonyl (C=O) groups excluding carboxylic acids is 1. The van der Waals surface area contributed by atoms with Gasteiger partial charge in [-0.2, -0.15) is 0 Å². The lowest BCUT2D eigenvalue weighted by atomic mass is 10.2. The lowest BCUT2D eigenvalue weighted by Gasteiger charge is -2.35. The second-order valence-electron chi connectivity index (χ2n) is 5.90. The van der Waals surface area contributed by atoms with Gasteiger partial charge in [0.15, 0.2) is 0 Å². The molecule has 2 aromatic heterocycles. The molecule has 1 atom stereocenters. The Balaban J connectivity index is 1.53. The van der Waals surface area contributed by atoms with Crippen molar-refractivity contribution in [2.24, 2.45) is 0 Å². The summed E-state index contributed by atoms with van der Waals surface area (Å²) in [5.74, 6) is 0.0965. The minimum atomic E-state index is -0.343. The van der Waals surface area contributed by atoms with E-state index in [1.54, 1.807) is 0 Å². The van der Waals surface area contributed by atoms with Gasteiger partial charge in [0.1, 0.15) is 11.8 Å². The quantitative estimate of drug-likeness (QED) is 0.837. The highest BCUT2D eigenvalue weighted by Crippen LogP contribution is 2.11. The van der Waals surface area contributed by atoms with E-state index in [0.29, 0.717) is 6.61 Å². The summed E-state index contributed by atoms with van der Waals surface area (Å²) in [7, 11) is 0. The predicted molar refractivity (Wildman–Crippen MR) is 88.1 cm³/mol. The number of pyridine rings is 1. The Bertz CT molecular complexity index is 628. The molecule has 1 fully saturated rings. The van der Waals surface area contributed by atoms with Crippen LogP contribution in [-0.2, 0) is 16.1 Å². The SMILES string of the molecule is CCO[C@@H](C)C(=O)N1CCN(Cc2cn3ccccc3n2)CC1. The summed E-state index contributed by atoms with van der Waals surface area (Å²) < 4.78 is 7.44. The van der Waals surface area contributed by atoms with E-state index in [-0.39, 0.29) is 12.0 Å². The maximum absolute atomic E-state index is 12.2. The van der Waals surface area contributed by atoms with Crippen LogP contribution in [0.2, 0.25) is 0 Å². The number of nitrogens with zero attached hydrogens (tertiary/aromatic N) is 4. The molecule has 0 aromatic carbocycles. The number of amides is 1. The molecular weight excluding hydrogens is 292 g/mol. The lowest BCUT2D eigenvalue weighted by Crippen LogP contribution is -2.51. The van der Waals surface area contributed by atoms with Crippen molar-refractivity contribution in [3.05, 3.63) is 36.3 Å². The minimum absolute atomic E-state index is 0.0965. The van der Waals surface area contributed by atoms with Gasteiger partial charge in [-0.3, -0.25) is 9.69 Å². The van der Waals surface area contributed by atoms with Gasteiger partial charge in [-0.05, 0) is 26.0 Å². The fourth-order valence-corrected chi connectivity index (χ4v) is 3.00. The number of aromatic nitrogens is 2. The van der Waals surface area contributed by atoms with Crippen molar-refractivity contribution in [2.45, 2.75) is 26.5 Å². The molecule has 6 nitrogen and oxygen atoms in total. The first-order valence-electron chi connectivity index (χ1n) is 8.22. The van der Waals surface area contributed by atoms with Crippen LogP contribution in [0.5, 0.6) is 0 Å². The van der Waals surface area contributed by atoms with Crippen LogP contribution < -0.4 is 0 Å². The molecule has 1 saturated heterocycles. The summed E-state index contributed by atoms with van der Waals surface area (Å²) in [4.78, 5) is 21.1. The normalized spacial score (nSPS) is 17.6. The van der Waals surface area contributed by atoms with E-state index in [1.807, 2.05) is 47.5 Å². The van der Waals surface area contributed by atoms with E-state index in [9.17, 15) is 4.79 Å². The van der Waals surface area contributed by atoms with Gasteiger partial charge in [-0.15, -0.1) is 0 Å². The maximum atomic E-state index is 12.2. The first-order chi connectivity index (χ1) is 11.2. The molecule has 0 radical (unpaired) electrons. The van der Waals surface area contributed by atoms with Crippen LogP contribution in [0.25, 0.3) is 5.65 Å². The van der Waals surface area contributed by atoms with Gasteiger partial charge in [0.05, 0.1) is 5.69 Å². The molecule has 1 aliphatic rings. The Morgan fingerprint density at radius 1 is 1.30 bits per heavy atom. The fraction of sp³-hybridized carbons (Fsp3) is 0.529. The van der Waals surface area contributed by atoms with Crippen LogP contribution in [-0.4, -0.2) is 64.0 Å². The second kappa shape index (κ2) is 7.10. The third kappa shape index (κ3) is 3.71. The van der Waals surface area contributed by atoms with Gasteiger partial charge in [-0.25, -0.2) is 4.98 Å². The summed E-state index contributed by atoms with van der Waals surface area (Å²) >= 11 is 0. The molecule has 1 amide bonds. The molecule has 0 unspecified atom stereocenters. The number of ether oxygens (including phenoxy) is 1. The second-order valence-corrected chi connectivity index (χ2v) is 5.90. The van der Waals surface area contributed by atoms with Crippen LogP contribution in [0.1, 0.15) is 19.5 Å². The lowest BCUT2D eigenvalue weighted by molar-refractivity contribution is -0.144. The summed E-state index contributed by atoms with van der Waals surface area (Å²) in [6.45, 7) is 8.39. The van der Waals surface area contributed by atoms with Gasteiger partial charge in [-0.1, -0.05) is 6.07 Å². The van der Waals surface area contributed by atoms with Gasteiger partial charge in [0, 0.05) is 51.7 Å². The molecule has 124 valence electrons. The number of hydrogen-bond acceptors (Lipinski definition) is 4. The van der Waals surface area contributed by atoms with Gasteiger partial charge < -0.3 is 14.0 Å². The molecular formula is C17H24N4O2. The average Bonchev–Trinajstić information content (AvgIpc) is 2.97. The molecule has 3 rings (SSSR count). The topological polar surface area (TPSA) is 50.1 Å². The molecule has 23 heavy (non-hydrogen) atoms. The van der Waals surface area contributed by atoms with E-state index in [0.717, 1.165) is 44.1 Å². The molecule has 1 aliphatic heterocycles. The zero-order valence-corrected chi connectivity index (χ0v) is 13.8. The Morgan fingerprint density at radius 3 is 2.78 bits per heavy atom. The number of fused-ring (bicyclic) bond motifs is 1. The standard InChI is InChI=1S/C17H24N4O2/c1-3-23-14(2)17(22)20-10-8-19(9-11-20)12-15-13-21-7-5-4-6-16(21)18-15/h4-7,13-14H,3,8-12H2,1-2H3/t14-/m0/s1. The zero-order chi connectivity index (χ0) is 16.2. The Kier molecular flexibility index (Phi) is 4.93. The molecule has 2 aromatic rings. The number of piperazine rings is 1. The monoisotopic (exact) mass is 316 g/mol. The first kappa shape index (κ1) is 16.0. The maximum Gasteiger partial charge on any atom is 0.251 e. The number of hydrogen-bond donors (Lipinski definition) is 0. The van der Waals surface area contributed by atoms with Crippen molar-refractivity contribution in [2.75, 3.05) is 32.8 Å². The number of imidazole rings is 1. The van der Waals surface area contributed by atoms with Crippen LogP contribution in [0.4, 0.5) is 0 Å². The largest absolute Gasteiger partial charge is 0.369 e. The van der Waals surface area contributed by atoms with Crippen LogP contribution in [0.15, 0.2) is 30.6 Å². The molecule has 0 saturated carbocycles. The van der Waals surface area contributed by atoms with Crippen molar-refractivity contribution < 1.29 is 9.53 Å². The summed E-state index contributed by atoms with van der Waals surface area (Å²) in [5, 5.41) is 0. The van der Waals surface area contributed by atoms with E-state index in [2.05, 4.69) is 16.1 Å². The third-order valence-electron chi connectivity index (χ3n) is 4.25. The highest BCUT2D eigenvalue weighted by Gasteiger charge is 2.25.